The van der Waals surface area contributed by atoms with Crippen molar-refractivity contribution in [2.75, 3.05) is 25.1 Å². The fourth-order valence-electron chi connectivity index (χ4n) is 2.66. The van der Waals surface area contributed by atoms with Crippen molar-refractivity contribution >= 4 is 54.4 Å². The maximum atomic E-state index is 12.7. The van der Waals surface area contributed by atoms with Crippen LogP contribution in [0.1, 0.15) is 17.3 Å². The molecule has 0 fully saturated rings. The molecule has 0 aliphatic rings. The Labute approximate surface area is 184 Å². The van der Waals surface area contributed by atoms with Crippen LogP contribution in [-0.2, 0) is 20.0 Å². The molecule has 31 heavy (non-hydrogen) atoms. The summed E-state index contributed by atoms with van der Waals surface area (Å²) in [5.41, 5.74) is 1.56. The van der Waals surface area contributed by atoms with E-state index in [0.29, 0.717) is 22.4 Å². The van der Waals surface area contributed by atoms with E-state index >= 15 is 0 Å². The zero-order chi connectivity index (χ0) is 23.0. The molecule has 3 aromatic rings. The van der Waals surface area contributed by atoms with E-state index in [9.17, 15) is 21.6 Å². The molecule has 166 valence electrons. The Bertz CT molecular complexity index is 1330. The van der Waals surface area contributed by atoms with Crippen molar-refractivity contribution in [3.8, 4) is 0 Å². The zero-order valence-corrected chi connectivity index (χ0v) is 19.6. The minimum absolute atomic E-state index is 0.0989. The average molecular weight is 484 g/mol. The smallest absolute Gasteiger partial charge is 0.257 e. The van der Waals surface area contributed by atoms with Crippen molar-refractivity contribution in [2.24, 2.45) is 0 Å². The van der Waals surface area contributed by atoms with Crippen molar-refractivity contribution in [3.63, 3.8) is 0 Å². The first-order valence-corrected chi connectivity index (χ1v) is 13.2. The van der Waals surface area contributed by atoms with Gasteiger partial charge in [-0.3, -0.25) is 9.52 Å². The summed E-state index contributed by atoms with van der Waals surface area (Å²) in [6.45, 7) is 1.70. The number of ketones is 1. The van der Waals surface area contributed by atoms with Crippen LogP contribution in [0.25, 0.3) is 11.1 Å². The van der Waals surface area contributed by atoms with Crippen LogP contribution in [0, 0.1) is 0 Å². The van der Waals surface area contributed by atoms with Crippen LogP contribution in [0.15, 0.2) is 57.0 Å². The van der Waals surface area contributed by atoms with Crippen LogP contribution >= 0.6 is 11.8 Å². The van der Waals surface area contributed by atoms with Gasteiger partial charge in [0.05, 0.1) is 16.4 Å². The molecule has 0 saturated heterocycles. The maximum absolute atomic E-state index is 12.7. The Kier molecular flexibility index (Phi) is 6.46. The Morgan fingerprint density at radius 3 is 2.32 bits per heavy atom. The number of thioether (sulfide) groups is 1. The highest BCUT2D eigenvalue weighted by Gasteiger charge is 2.22. The summed E-state index contributed by atoms with van der Waals surface area (Å²) in [5, 5.41) is -0.294. The highest BCUT2D eigenvalue weighted by Crippen LogP contribution is 2.30. The molecule has 3 rings (SSSR count). The molecule has 0 amide bonds. The van der Waals surface area contributed by atoms with E-state index in [1.807, 2.05) is 0 Å². The van der Waals surface area contributed by atoms with Crippen LogP contribution in [0.4, 0.5) is 5.69 Å². The summed E-state index contributed by atoms with van der Waals surface area (Å²) in [6.07, 6.45) is 1.05. The molecule has 9 nitrogen and oxygen atoms in total. The first kappa shape index (κ1) is 23.3. The van der Waals surface area contributed by atoms with Gasteiger partial charge in [-0.25, -0.2) is 26.1 Å². The molecule has 0 spiro atoms. The predicted molar refractivity (Wildman–Crippen MR) is 119 cm³/mol. The SMILES string of the molecule is C[C@@H](Sc1nc2cc(S(=O)(=O)N(C)C)ccc2o1)C(=O)c1ccc(NS(C)(=O)=O)cc1. The van der Waals surface area contributed by atoms with Crippen LogP contribution in [0.2, 0.25) is 0 Å². The number of nitrogens with one attached hydrogen (secondary N) is 1. The molecule has 2 aromatic carbocycles. The van der Waals surface area contributed by atoms with Crippen molar-refractivity contribution in [1.82, 2.24) is 9.29 Å². The van der Waals surface area contributed by atoms with Gasteiger partial charge < -0.3 is 4.42 Å². The van der Waals surface area contributed by atoms with E-state index in [1.165, 1.54) is 56.6 Å². The van der Waals surface area contributed by atoms with Gasteiger partial charge in [0.25, 0.3) is 5.22 Å². The Balaban J connectivity index is 1.76. The minimum atomic E-state index is -3.60. The van der Waals surface area contributed by atoms with E-state index in [-0.39, 0.29) is 15.9 Å². The van der Waals surface area contributed by atoms with Crippen LogP contribution < -0.4 is 4.72 Å². The van der Waals surface area contributed by atoms with Gasteiger partial charge in [-0.1, -0.05) is 11.8 Å². The van der Waals surface area contributed by atoms with Crippen molar-refractivity contribution in [2.45, 2.75) is 22.3 Å². The van der Waals surface area contributed by atoms with Crippen LogP contribution in [0.3, 0.4) is 0 Å². The summed E-state index contributed by atoms with van der Waals surface area (Å²) in [4.78, 5) is 17.1. The number of hydrogen-bond acceptors (Lipinski definition) is 8. The number of hydrogen-bond donors (Lipinski definition) is 1. The molecule has 0 bridgehead atoms. The van der Waals surface area contributed by atoms with Gasteiger partial charge in [-0.2, -0.15) is 0 Å². The van der Waals surface area contributed by atoms with E-state index in [0.717, 1.165) is 22.3 Å². The normalized spacial score (nSPS) is 13.5. The van der Waals surface area contributed by atoms with Gasteiger partial charge in [-0.05, 0) is 49.4 Å². The van der Waals surface area contributed by atoms with Crippen LogP contribution in [0.5, 0.6) is 0 Å². The lowest BCUT2D eigenvalue weighted by atomic mass is 10.1. The van der Waals surface area contributed by atoms with Crippen molar-refractivity contribution in [3.05, 3.63) is 48.0 Å². The molecule has 0 aliphatic carbocycles. The molecule has 1 N–H and O–H groups in total. The highest BCUT2D eigenvalue weighted by atomic mass is 32.2. The molecule has 1 atom stereocenters. The number of Topliss-reactive ketones (excluding diaryl/α,β-unsaturated/α-hetero) is 1. The number of sulfonamides is 2. The summed E-state index contributed by atoms with van der Waals surface area (Å²) in [7, 11) is -4.11. The molecule has 12 heteroatoms. The zero-order valence-electron chi connectivity index (χ0n) is 17.2. The Morgan fingerprint density at radius 2 is 1.74 bits per heavy atom. The average Bonchev–Trinajstić information content (AvgIpc) is 3.08. The van der Waals surface area contributed by atoms with E-state index in [4.69, 9.17) is 4.42 Å². The number of benzene rings is 2. The Morgan fingerprint density at radius 1 is 1.10 bits per heavy atom. The maximum Gasteiger partial charge on any atom is 0.257 e. The molecule has 1 heterocycles. The second-order valence-corrected chi connectivity index (χ2v) is 12.2. The Hall–Kier alpha value is -2.41. The number of rotatable bonds is 8. The third-order valence-electron chi connectivity index (χ3n) is 4.24. The molecule has 1 aromatic heterocycles. The molecule has 0 saturated carbocycles. The standard InChI is InChI=1S/C19H21N3O6S3/c1-12(18(23)13-5-7-14(8-6-13)21-30(4,24)25)29-19-20-16-11-15(9-10-17(16)28-19)31(26,27)22(2)3/h5-12,21H,1-4H3/t12-/m1/s1. The largest absolute Gasteiger partial charge is 0.431 e. The van der Waals surface area contributed by atoms with Gasteiger partial charge >= 0.3 is 0 Å². The number of oxazole rings is 1. The number of anilines is 1. The van der Waals surface area contributed by atoms with E-state index < -0.39 is 25.3 Å². The van der Waals surface area contributed by atoms with Crippen molar-refractivity contribution < 1.29 is 26.0 Å². The van der Waals surface area contributed by atoms with Gasteiger partial charge in [-0.15, -0.1) is 0 Å². The van der Waals surface area contributed by atoms with Crippen LogP contribution in [-0.4, -0.2) is 57.5 Å². The number of carbonyl (C=O) groups excluding carboxylic acids is 1. The molecular weight excluding hydrogens is 462 g/mol. The second-order valence-electron chi connectivity index (χ2n) is 6.97. The summed E-state index contributed by atoms with van der Waals surface area (Å²) < 4.78 is 56.2. The summed E-state index contributed by atoms with van der Waals surface area (Å²) in [5.74, 6) is -0.186. The van der Waals surface area contributed by atoms with Crippen molar-refractivity contribution in [1.29, 1.82) is 0 Å². The quantitative estimate of drug-likeness (QED) is 0.383. The fourth-order valence-corrected chi connectivity index (χ4v) is 4.98. The van der Waals surface area contributed by atoms with Gasteiger partial charge in [0.1, 0.15) is 5.52 Å². The summed E-state index contributed by atoms with van der Waals surface area (Å²) >= 11 is 1.11. The topological polar surface area (TPSA) is 127 Å². The number of nitrogens with zero attached hydrogens (tertiary/aromatic N) is 2. The molecular formula is C19H21N3O6S3. The third kappa shape index (κ3) is 5.45. The predicted octanol–water partition coefficient (Wildman–Crippen LogP) is 2.81. The lowest BCUT2D eigenvalue weighted by molar-refractivity contribution is 0.0993. The first-order chi connectivity index (χ1) is 14.4. The second kappa shape index (κ2) is 8.61. The summed E-state index contributed by atoms with van der Waals surface area (Å²) in [6, 6.07) is 10.5. The van der Waals surface area contributed by atoms with Gasteiger partial charge in [0.15, 0.2) is 11.4 Å². The number of aromatic nitrogens is 1. The highest BCUT2D eigenvalue weighted by molar-refractivity contribution is 8.00. The van der Waals surface area contributed by atoms with E-state index in [1.54, 1.807) is 6.92 Å². The molecule has 0 radical (unpaired) electrons. The first-order valence-electron chi connectivity index (χ1n) is 8.99. The minimum Gasteiger partial charge on any atom is -0.431 e. The lowest BCUT2D eigenvalue weighted by Gasteiger charge is -2.10. The number of carbonyl (C=O) groups is 1. The molecule has 0 unspecified atom stereocenters. The van der Waals surface area contributed by atoms with E-state index in [2.05, 4.69) is 9.71 Å². The fraction of sp³-hybridized carbons (Fsp3) is 0.263. The molecule has 0 aliphatic heterocycles. The lowest BCUT2D eigenvalue weighted by Crippen LogP contribution is -2.22. The van der Waals surface area contributed by atoms with Gasteiger partial charge in [0, 0.05) is 25.3 Å². The third-order valence-corrected chi connectivity index (χ3v) is 7.60. The van der Waals surface area contributed by atoms with Gasteiger partial charge in [0.2, 0.25) is 20.0 Å². The monoisotopic (exact) mass is 483 g/mol. The number of fused-ring (bicyclic) bond motifs is 1.